The Morgan fingerprint density at radius 1 is 1.31 bits per heavy atom. The summed E-state index contributed by atoms with van der Waals surface area (Å²) in [5.41, 5.74) is 1.12. The normalized spacial score (nSPS) is 16.1. The van der Waals surface area contributed by atoms with Gasteiger partial charge in [-0.1, -0.05) is 17.3 Å². The molecule has 1 aliphatic rings. The molecule has 1 unspecified atom stereocenters. The number of anilines is 1. The standard InChI is InChI=1S/C18H24N4O4/c1-13-11-17(21-26-13)20-18(23)19-12-16(22-7-9-25-10-8-22)14-3-5-15(24-2)6-4-14/h3-6,11,16H,7-10,12H2,1-2H3,(H2,19,20,21,23). The second-order valence-electron chi connectivity index (χ2n) is 6.10. The first-order valence-electron chi connectivity index (χ1n) is 8.59. The smallest absolute Gasteiger partial charge is 0.320 e. The van der Waals surface area contributed by atoms with E-state index in [1.165, 1.54) is 0 Å². The molecule has 2 amide bonds. The maximum atomic E-state index is 12.2. The van der Waals surface area contributed by atoms with Crippen LogP contribution < -0.4 is 15.4 Å². The van der Waals surface area contributed by atoms with Crippen LogP contribution in [0.4, 0.5) is 10.6 Å². The minimum atomic E-state index is -0.315. The van der Waals surface area contributed by atoms with Gasteiger partial charge in [0.2, 0.25) is 0 Å². The lowest BCUT2D eigenvalue weighted by molar-refractivity contribution is 0.0167. The van der Waals surface area contributed by atoms with Crippen molar-refractivity contribution in [2.45, 2.75) is 13.0 Å². The number of amides is 2. The molecule has 2 heterocycles. The van der Waals surface area contributed by atoms with Crippen molar-refractivity contribution < 1.29 is 18.8 Å². The van der Waals surface area contributed by atoms with Gasteiger partial charge in [-0.15, -0.1) is 0 Å². The van der Waals surface area contributed by atoms with Crippen LogP contribution in [-0.2, 0) is 4.74 Å². The Labute approximate surface area is 152 Å². The first-order valence-corrected chi connectivity index (χ1v) is 8.59. The lowest BCUT2D eigenvalue weighted by atomic mass is 10.0. The van der Waals surface area contributed by atoms with Crippen molar-refractivity contribution in [3.63, 3.8) is 0 Å². The number of hydrogen-bond donors (Lipinski definition) is 2. The molecular weight excluding hydrogens is 336 g/mol. The number of aromatic nitrogens is 1. The van der Waals surface area contributed by atoms with Crippen molar-refractivity contribution in [2.24, 2.45) is 0 Å². The van der Waals surface area contributed by atoms with Crippen LogP contribution in [0.25, 0.3) is 0 Å². The third-order valence-electron chi connectivity index (χ3n) is 4.31. The maximum Gasteiger partial charge on any atom is 0.320 e. The van der Waals surface area contributed by atoms with E-state index in [4.69, 9.17) is 14.0 Å². The number of ether oxygens (including phenoxy) is 2. The van der Waals surface area contributed by atoms with Crippen molar-refractivity contribution in [2.75, 3.05) is 45.3 Å². The Hall–Kier alpha value is -2.58. The van der Waals surface area contributed by atoms with Crippen LogP contribution in [0.2, 0.25) is 0 Å². The van der Waals surface area contributed by atoms with Gasteiger partial charge in [0, 0.05) is 25.7 Å². The van der Waals surface area contributed by atoms with Crippen LogP contribution in [0.3, 0.4) is 0 Å². The number of morpholine rings is 1. The van der Waals surface area contributed by atoms with Crippen LogP contribution in [-0.4, -0.2) is 56.0 Å². The zero-order valence-corrected chi connectivity index (χ0v) is 15.0. The molecule has 2 aromatic rings. The molecule has 140 valence electrons. The fourth-order valence-corrected chi connectivity index (χ4v) is 2.95. The fourth-order valence-electron chi connectivity index (χ4n) is 2.95. The number of aryl methyl sites for hydroxylation is 1. The molecule has 8 heteroatoms. The second-order valence-corrected chi connectivity index (χ2v) is 6.10. The Morgan fingerprint density at radius 3 is 2.65 bits per heavy atom. The summed E-state index contributed by atoms with van der Waals surface area (Å²) in [5.74, 6) is 1.85. The number of benzene rings is 1. The largest absolute Gasteiger partial charge is 0.497 e. The van der Waals surface area contributed by atoms with Gasteiger partial charge in [-0.05, 0) is 24.6 Å². The number of carbonyl (C=O) groups is 1. The summed E-state index contributed by atoms with van der Waals surface area (Å²) in [5, 5.41) is 9.35. The summed E-state index contributed by atoms with van der Waals surface area (Å²) >= 11 is 0. The number of methoxy groups -OCH3 is 1. The molecule has 8 nitrogen and oxygen atoms in total. The highest BCUT2D eigenvalue weighted by Gasteiger charge is 2.23. The zero-order valence-electron chi connectivity index (χ0n) is 15.0. The van der Waals surface area contributed by atoms with E-state index in [2.05, 4.69) is 20.7 Å². The van der Waals surface area contributed by atoms with E-state index in [1.807, 2.05) is 24.3 Å². The lowest BCUT2D eigenvalue weighted by Crippen LogP contribution is -2.44. The number of urea groups is 1. The van der Waals surface area contributed by atoms with Crippen LogP contribution in [0.15, 0.2) is 34.9 Å². The molecule has 0 radical (unpaired) electrons. The van der Waals surface area contributed by atoms with Crippen molar-refractivity contribution in [3.8, 4) is 5.75 Å². The highest BCUT2D eigenvalue weighted by Crippen LogP contribution is 2.23. The number of nitrogens with one attached hydrogen (secondary N) is 2. The van der Waals surface area contributed by atoms with Crippen LogP contribution in [0.1, 0.15) is 17.4 Å². The molecule has 1 aliphatic heterocycles. The highest BCUT2D eigenvalue weighted by molar-refractivity contribution is 5.88. The summed E-state index contributed by atoms with van der Waals surface area (Å²) in [6.07, 6.45) is 0. The highest BCUT2D eigenvalue weighted by atomic mass is 16.5. The van der Waals surface area contributed by atoms with Crippen molar-refractivity contribution in [1.29, 1.82) is 0 Å². The Morgan fingerprint density at radius 2 is 2.04 bits per heavy atom. The minimum Gasteiger partial charge on any atom is -0.497 e. The molecule has 0 saturated carbocycles. The number of rotatable bonds is 6. The van der Waals surface area contributed by atoms with E-state index in [0.29, 0.717) is 31.3 Å². The predicted molar refractivity (Wildman–Crippen MR) is 96.4 cm³/mol. The predicted octanol–water partition coefficient (Wildman–Crippen LogP) is 2.19. The molecule has 2 N–H and O–H groups in total. The minimum absolute atomic E-state index is 0.0506. The molecule has 26 heavy (non-hydrogen) atoms. The lowest BCUT2D eigenvalue weighted by Gasteiger charge is -2.35. The molecule has 0 bridgehead atoms. The van der Waals surface area contributed by atoms with E-state index in [9.17, 15) is 4.79 Å². The average molecular weight is 360 g/mol. The van der Waals surface area contributed by atoms with Gasteiger partial charge in [0.25, 0.3) is 0 Å². The molecule has 0 aliphatic carbocycles. The molecular formula is C18H24N4O4. The van der Waals surface area contributed by atoms with Crippen LogP contribution >= 0.6 is 0 Å². The quantitative estimate of drug-likeness (QED) is 0.821. The Balaban J connectivity index is 1.65. The number of hydrogen-bond acceptors (Lipinski definition) is 6. The summed E-state index contributed by atoms with van der Waals surface area (Å²) in [4.78, 5) is 14.5. The van der Waals surface area contributed by atoms with Gasteiger partial charge in [0.15, 0.2) is 5.82 Å². The van der Waals surface area contributed by atoms with E-state index in [-0.39, 0.29) is 12.1 Å². The van der Waals surface area contributed by atoms with Gasteiger partial charge in [-0.3, -0.25) is 10.2 Å². The third kappa shape index (κ3) is 4.74. The molecule has 1 aromatic carbocycles. The van der Waals surface area contributed by atoms with Crippen molar-refractivity contribution >= 4 is 11.8 Å². The molecule has 0 spiro atoms. The zero-order chi connectivity index (χ0) is 18.4. The molecule has 3 rings (SSSR count). The Bertz CT molecular complexity index is 710. The SMILES string of the molecule is COc1ccc(C(CNC(=O)Nc2cc(C)on2)N2CCOCC2)cc1. The monoisotopic (exact) mass is 360 g/mol. The fraction of sp³-hybridized carbons (Fsp3) is 0.444. The third-order valence-corrected chi connectivity index (χ3v) is 4.31. The summed E-state index contributed by atoms with van der Waals surface area (Å²) in [6, 6.07) is 9.32. The summed E-state index contributed by atoms with van der Waals surface area (Å²) in [7, 11) is 1.64. The number of carbonyl (C=O) groups excluding carboxylic acids is 1. The van der Waals surface area contributed by atoms with Crippen molar-refractivity contribution in [3.05, 3.63) is 41.7 Å². The van der Waals surface area contributed by atoms with Gasteiger partial charge in [-0.2, -0.15) is 0 Å². The van der Waals surface area contributed by atoms with E-state index >= 15 is 0 Å². The molecule has 1 saturated heterocycles. The van der Waals surface area contributed by atoms with Gasteiger partial charge < -0.3 is 19.3 Å². The Kier molecular flexibility index (Phi) is 6.08. The van der Waals surface area contributed by atoms with Crippen molar-refractivity contribution in [1.82, 2.24) is 15.4 Å². The summed E-state index contributed by atoms with van der Waals surface area (Å²) < 4.78 is 15.6. The van der Waals surface area contributed by atoms with Gasteiger partial charge in [0.1, 0.15) is 11.5 Å². The van der Waals surface area contributed by atoms with E-state index < -0.39 is 0 Å². The molecule has 1 aromatic heterocycles. The topological polar surface area (TPSA) is 88.9 Å². The van der Waals surface area contributed by atoms with E-state index in [1.54, 1.807) is 20.1 Å². The van der Waals surface area contributed by atoms with Crippen LogP contribution in [0.5, 0.6) is 5.75 Å². The molecule has 1 atom stereocenters. The summed E-state index contributed by atoms with van der Waals surface area (Å²) in [6.45, 7) is 5.27. The van der Waals surface area contributed by atoms with Crippen LogP contribution in [0, 0.1) is 6.92 Å². The van der Waals surface area contributed by atoms with Gasteiger partial charge >= 0.3 is 6.03 Å². The second kappa shape index (κ2) is 8.68. The van der Waals surface area contributed by atoms with E-state index in [0.717, 1.165) is 24.4 Å². The number of nitrogens with zero attached hydrogens (tertiary/aromatic N) is 2. The molecule has 1 fully saturated rings. The van der Waals surface area contributed by atoms with Gasteiger partial charge in [-0.25, -0.2) is 4.79 Å². The average Bonchev–Trinajstić information content (AvgIpc) is 3.08. The maximum absolute atomic E-state index is 12.2. The van der Waals surface area contributed by atoms with Gasteiger partial charge in [0.05, 0.1) is 26.4 Å². The first-order chi connectivity index (χ1) is 12.7. The first kappa shape index (κ1) is 18.2.